The van der Waals surface area contributed by atoms with Crippen molar-refractivity contribution in [3.8, 4) is 0 Å². The Hall–Kier alpha value is -2.60. The average molecular weight is 443 g/mol. The smallest absolute Gasteiger partial charge is 0.326 e. The monoisotopic (exact) mass is 442 g/mol. The highest BCUT2D eigenvalue weighted by Crippen LogP contribution is 2.05. The largest absolute Gasteiger partial charge is 0.480 e. The quantitative estimate of drug-likeness (QED) is 0.199. The Morgan fingerprint density at radius 2 is 1.73 bits per heavy atom. The zero-order valence-corrected chi connectivity index (χ0v) is 18.1. The minimum absolute atomic E-state index is 0.0200. The lowest BCUT2D eigenvalue weighted by Gasteiger charge is -2.23. The first-order valence-electron chi connectivity index (χ1n) is 9.52. The van der Waals surface area contributed by atoms with E-state index < -0.39 is 47.9 Å². The van der Waals surface area contributed by atoms with Crippen molar-refractivity contribution < 1.29 is 24.3 Å². The molecule has 1 aromatic rings. The topological polar surface area (TPSA) is 179 Å². The molecule has 3 amide bonds. The van der Waals surface area contributed by atoms with Gasteiger partial charge in [0, 0.05) is 24.1 Å². The van der Waals surface area contributed by atoms with Crippen LogP contribution in [0.5, 0.6) is 0 Å². The highest BCUT2D eigenvalue weighted by molar-refractivity contribution is 7.80. The third-order valence-corrected chi connectivity index (χ3v) is 4.59. The Morgan fingerprint density at radius 3 is 2.23 bits per heavy atom. The molecule has 11 nitrogen and oxygen atoms in total. The fraction of sp³-hybridized carbons (Fsp3) is 0.611. The van der Waals surface area contributed by atoms with Gasteiger partial charge < -0.3 is 31.8 Å². The Morgan fingerprint density at radius 1 is 1.10 bits per heavy atom. The zero-order chi connectivity index (χ0) is 22.8. The van der Waals surface area contributed by atoms with Crippen LogP contribution in [0.25, 0.3) is 0 Å². The van der Waals surface area contributed by atoms with Crippen molar-refractivity contribution in [1.29, 1.82) is 0 Å². The molecule has 0 aliphatic rings. The number of nitrogens with zero attached hydrogens (tertiary/aromatic N) is 1. The number of carbonyl (C=O) groups excluding carboxylic acids is 3. The molecule has 0 spiro atoms. The van der Waals surface area contributed by atoms with Crippen LogP contribution in [0, 0.1) is 5.92 Å². The van der Waals surface area contributed by atoms with E-state index in [9.17, 15) is 24.3 Å². The van der Waals surface area contributed by atoms with Crippen LogP contribution < -0.4 is 21.7 Å². The first-order chi connectivity index (χ1) is 14.0. The number of aliphatic carboxylic acids is 1. The van der Waals surface area contributed by atoms with Crippen LogP contribution in [-0.4, -0.2) is 68.7 Å². The number of rotatable bonds is 12. The summed E-state index contributed by atoms with van der Waals surface area (Å²) in [5.41, 5.74) is 6.52. The first kappa shape index (κ1) is 25.4. The maximum absolute atomic E-state index is 12.4. The average Bonchev–Trinajstić information content (AvgIpc) is 3.17. The highest BCUT2D eigenvalue weighted by atomic mass is 32.1. The summed E-state index contributed by atoms with van der Waals surface area (Å²) >= 11 is 4.07. The number of hydrogen-bond acceptors (Lipinski definition) is 7. The Labute approximate surface area is 180 Å². The molecule has 1 aromatic heterocycles. The summed E-state index contributed by atoms with van der Waals surface area (Å²) in [7, 11) is 0. The van der Waals surface area contributed by atoms with E-state index in [1.54, 1.807) is 6.20 Å². The molecule has 0 aliphatic heterocycles. The van der Waals surface area contributed by atoms with Gasteiger partial charge in [-0.3, -0.25) is 14.4 Å². The minimum atomic E-state index is -1.15. The predicted molar refractivity (Wildman–Crippen MR) is 113 cm³/mol. The second-order valence-electron chi connectivity index (χ2n) is 7.39. The molecule has 12 heteroatoms. The third kappa shape index (κ3) is 8.41. The van der Waals surface area contributed by atoms with Crippen molar-refractivity contribution in [1.82, 2.24) is 25.9 Å². The van der Waals surface area contributed by atoms with Gasteiger partial charge in [-0.1, -0.05) is 13.8 Å². The molecule has 7 N–H and O–H groups in total. The molecule has 1 rings (SSSR count). The minimum Gasteiger partial charge on any atom is -0.480 e. The summed E-state index contributed by atoms with van der Waals surface area (Å²) in [5, 5.41) is 16.6. The van der Waals surface area contributed by atoms with Crippen molar-refractivity contribution in [3.63, 3.8) is 0 Å². The maximum atomic E-state index is 12.4. The molecule has 4 atom stereocenters. The summed E-state index contributed by atoms with van der Waals surface area (Å²) < 4.78 is 0. The molecule has 168 valence electrons. The number of H-pyrrole nitrogens is 1. The molecule has 4 unspecified atom stereocenters. The lowest BCUT2D eigenvalue weighted by molar-refractivity contribution is -0.142. The number of aromatic nitrogens is 2. The maximum Gasteiger partial charge on any atom is 0.326 e. The van der Waals surface area contributed by atoms with E-state index in [4.69, 9.17) is 5.73 Å². The normalized spacial score (nSPS) is 15.0. The number of thiol groups is 1. The number of nitrogens with one attached hydrogen (secondary N) is 4. The van der Waals surface area contributed by atoms with Crippen LogP contribution in [0.3, 0.4) is 0 Å². The van der Waals surface area contributed by atoms with Gasteiger partial charge in [0.05, 0.1) is 12.4 Å². The molecule has 0 saturated heterocycles. The summed E-state index contributed by atoms with van der Waals surface area (Å²) in [6.07, 6.45) is 3.47. The van der Waals surface area contributed by atoms with E-state index in [1.807, 2.05) is 13.8 Å². The van der Waals surface area contributed by atoms with Crippen molar-refractivity contribution >= 4 is 36.3 Å². The van der Waals surface area contributed by atoms with E-state index in [0.717, 1.165) is 0 Å². The SMILES string of the molecule is CC(C)CC(NC(=O)C(C)NC(=O)C(CS)NC(=O)C(N)Cc1cnc[nH]1)C(=O)O. The second kappa shape index (κ2) is 12.2. The van der Waals surface area contributed by atoms with Gasteiger partial charge in [-0.2, -0.15) is 12.6 Å². The van der Waals surface area contributed by atoms with Crippen LogP contribution in [0.4, 0.5) is 0 Å². The molecule has 0 fully saturated rings. The third-order valence-electron chi connectivity index (χ3n) is 4.22. The molecule has 0 radical (unpaired) electrons. The van der Waals surface area contributed by atoms with Crippen LogP contribution in [0.1, 0.15) is 32.9 Å². The standard InChI is InChI=1S/C18H30N6O5S/c1-9(2)4-13(18(28)29)23-15(25)10(3)22-17(27)14(7-30)24-16(26)12(19)5-11-6-20-8-21-11/h6,8-10,12-14,30H,4-5,7,19H2,1-3H3,(H,20,21)(H,22,27)(H,23,25)(H,24,26)(H,28,29). The van der Waals surface area contributed by atoms with E-state index >= 15 is 0 Å². The summed E-state index contributed by atoms with van der Waals surface area (Å²) in [6.45, 7) is 5.09. The molecule has 0 bridgehead atoms. The summed E-state index contributed by atoms with van der Waals surface area (Å²) in [5.74, 6) is -2.94. The van der Waals surface area contributed by atoms with Crippen molar-refractivity contribution in [2.45, 2.75) is 57.8 Å². The van der Waals surface area contributed by atoms with E-state index in [2.05, 4.69) is 38.5 Å². The van der Waals surface area contributed by atoms with Gasteiger partial charge in [0.2, 0.25) is 17.7 Å². The summed E-state index contributed by atoms with van der Waals surface area (Å²) in [4.78, 5) is 54.9. The van der Waals surface area contributed by atoms with Crippen LogP contribution in [0.15, 0.2) is 12.5 Å². The number of carboxylic acids is 1. The van der Waals surface area contributed by atoms with Gasteiger partial charge in [0.1, 0.15) is 18.1 Å². The number of amides is 3. The number of hydrogen-bond donors (Lipinski definition) is 7. The highest BCUT2D eigenvalue weighted by Gasteiger charge is 2.28. The van der Waals surface area contributed by atoms with Gasteiger partial charge >= 0.3 is 5.97 Å². The van der Waals surface area contributed by atoms with Gasteiger partial charge in [-0.05, 0) is 19.3 Å². The Bertz CT molecular complexity index is 727. The molecule has 30 heavy (non-hydrogen) atoms. The number of aromatic amines is 1. The molecule has 0 saturated carbocycles. The predicted octanol–water partition coefficient (Wildman–Crippen LogP) is -1.19. The number of carboxylic acid groups (broad SMARTS) is 1. The lowest BCUT2D eigenvalue weighted by Crippen LogP contribution is -2.57. The molecular weight excluding hydrogens is 412 g/mol. The van der Waals surface area contributed by atoms with Crippen LogP contribution in [-0.2, 0) is 25.6 Å². The number of nitrogens with two attached hydrogens (primary N) is 1. The van der Waals surface area contributed by atoms with Crippen LogP contribution >= 0.6 is 12.6 Å². The van der Waals surface area contributed by atoms with E-state index in [0.29, 0.717) is 5.69 Å². The molecular formula is C18H30N6O5S. The Balaban J connectivity index is 2.60. The van der Waals surface area contributed by atoms with Gasteiger partial charge in [0.15, 0.2) is 0 Å². The lowest BCUT2D eigenvalue weighted by atomic mass is 10.0. The van der Waals surface area contributed by atoms with E-state index in [1.165, 1.54) is 13.3 Å². The van der Waals surface area contributed by atoms with Gasteiger partial charge in [0.25, 0.3) is 0 Å². The first-order valence-corrected chi connectivity index (χ1v) is 10.2. The van der Waals surface area contributed by atoms with E-state index in [-0.39, 0.29) is 24.5 Å². The van der Waals surface area contributed by atoms with Gasteiger partial charge in [-0.25, -0.2) is 9.78 Å². The fourth-order valence-corrected chi connectivity index (χ4v) is 2.83. The fourth-order valence-electron chi connectivity index (χ4n) is 2.57. The van der Waals surface area contributed by atoms with Crippen molar-refractivity contribution in [2.75, 3.05) is 5.75 Å². The Kier molecular flexibility index (Phi) is 10.3. The second-order valence-corrected chi connectivity index (χ2v) is 7.76. The van der Waals surface area contributed by atoms with Gasteiger partial charge in [-0.15, -0.1) is 0 Å². The molecule has 1 heterocycles. The zero-order valence-electron chi connectivity index (χ0n) is 17.2. The molecule has 0 aliphatic carbocycles. The number of carbonyl (C=O) groups is 4. The summed E-state index contributed by atoms with van der Waals surface area (Å²) in [6, 6.07) is -3.99. The molecule has 0 aromatic carbocycles. The van der Waals surface area contributed by atoms with Crippen molar-refractivity contribution in [2.24, 2.45) is 11.7 Å². The van der Waals surface area contributed by atoms with Crippen molar-refractivity contribution in [3.05, 3.63) is 18.2 Å². The number of imidazole rings is 1. The van der Waals surface area contributed by atoms with Crippen LogP contribution in [0.2, 0.25) is 0 Å².